The van der Waals surface area contributed by atoms with Gasteiger partial charge in [-0.05, 0) is 31.0 Å². The Morgan fingerprint density at radius 1 is 1.10 bits per heavy atom. The van der Waals surface area contributed by atoms with Crippen molar-refractivity contribution in [2.45, 2.75) is 39.2 Å². The molecule has 0 unspecified atom stereocenters. The Morgan fingerprint density at radius 3 is 2.55 bits per heavy atom. The van der Waals surface area contributed by atoms with Gasteiger partial charge in [0.1, 0.15) is 5.56 Å². The molecule has 0 radical (unpaired) electrons. The van der Waals surface area contributed by atoms with E-state index in [-0.39, 0.29) is 11.4 Å². The van der Waals surface area contributed by atoms with Crippen molar-refractivity contribution in [1.29, 1.82) is 0 Å². The molecule has 1 aromatic carbocycles. The Kier molecular flexibility index (Phi) is 6.77. The largest absolute Gasteiger partial charge is 0.462 e. The maximum absolute atomic E-state index is 12.5. The number of rotatable bonds is 9. The molecule has 0 aliphatic rings. The topological polar surface area (TPSA) is 66.2 Å². The quantitative estimate of drug-likeness (QED) is 0.400. The van der Waals surface area contributed by atoms with Gasteiger partial charge in [-0.2, -0.15) is 5.10 Å². The van der Waals surface area contributed by atoms with Gasteiger partial charge < -0.3 is 9.47 Å². The number of hydrogen-bond donors (Lipinski definition) is 0. The summed E-state index contributed by atoms with van der Waals surface area (Å²) in [6.45, 7) is 7.38. The van der Waals surface area contributed by atoms with Gasteiger partial charge >= 0.3 is 5.97 Å². The van der Waals surface area contributed by atoms with Gasteiger partial charge in [0.05, 0.1) is 25.1 Å². The SMILES string of the molecule is CCOC(=O)c1cnn(-c2ccccn2)c1C(C)(C)CCOCc1ccccc1. The minimum atomic E-state index is -0.382. The molecule has 152 valence electrons. The lowest BCUT2D eigenvalue weighted by atomic mass is 9.83. The number of carbonyl (C=O) groups excluding carboxylic acids is 1. The molecule has 0 saturated carbocycles. The second-order valence-corrected chi connectivity index (χ2v) is 7.40. The normalized spacial score (nSPS) is 11.4. The van der Waals surface area contributed by atoms with Gasteiger partial charge in [-0.3, -0.25) is 0 Å². The Balaban J connectivity index is 1.81. The lowest BCUT2D eigenvalue weighted by molar-refractivity contribution is 0.0521. The van der Waals surface area contributed by atoms with Gasteiger partial charge in [-0.25, -0.2) is 14.5 Å². The van der Waals surface area contributed by atoms with E-state index in [1.54, 1.807) is 24.0 Å². The summed E-state index contributed by atoms with van der Waals surface area (Å²) in [6, 6.07) is 15.7. The minimum Gasteiger partial charge on any atom is -0.462 e. The van der Waals surface area contributed by atoms with Gasteiger partial charge in [0.2, 0.25) is 0 Å². The molecule has 0 aliphatic heterocycles. The predicted octanol–water partition coefficient (Wildman–Crippen LogP) is 4.33. The average molecular weight is 393 g/mol. The predicted molar refractivity (Wildman–Crippen MR) is 111 cm³/mol. The second-order valence-electron chi connectivity index (χ2n) is 7.40. The number of benzene rings is 1. The smallest absolute Gasteiger partial charge is 0.341 e. The molecule has 0 aliphatic carbocycles. The first-order valence-electron chi connectivity index (χ1n) is 9.81. The molecule has 0 amide bonds. The van der Waals surface area contributed by atoms with Crippen molar-refractivity contribution in [1.82, 2.24) is 14.8 Å². The van der Waals surface area contributed by atoms with Crippen molar-refractivity contribution in [2.75, 3.05) is 13.2 Å². The molecule has 6 nitrogen and oxygen atoms in total. The molecule has 0 N–H and O–H groups in total. The van der Waals surface area contributed by atoms with Gasteiger partial charge in [0.15, 0.2) is 5.82 Å². The maximum Gasteiger partial charge on any atom is 0.341 e. The van der Waals surface area contributed by atoms with Crippen LogP contribution in [0.2, 0.25) is 0 Å². The summed E-state index contributed by atoms with van der Waals surface area (Å²) in [7, 11) is 0. The Labute approximate surface area is 171 Å². The van der Waals surface area contributed by atoms with Gasteiger partial charge in [0, 0.05) is 18.2 Å². The molecular formula is C23H27N3O3. The zero-order valence-corrected chi connectivity index (χ0v) is 17.2. The fraction of sp³-hybridized carbons (Fsp3) is 0.348. The Bertz CT molecular complexity index is 921. The van der Waals surface area contributed by atoms with Crippen molar-refractivity contribution in [3.05, 3.63) is 77.7 Å². The van der Waals surface area contributed by atoms with E-state index in [2.05, 4.69) is 23.9 Å². The lowest BCUT2D eigenvalue weighted by Gasteiger charge is -2.26. The number of esters is 1. The monoisotopic (exact) mass is 393 g/mol. The van der Waals surface area contributed by atoms with Crippen molar-refractivity contribution in [3.8, 4) is 5.82 Å². The van der Waals surface area contributed by atoms with E-state index < -0.39 is 0 Å². The summed E-state index contributed by atoms with van der Waals surface area (Å²) in [5.41, 5.74) is 1.99. The fourth-order valence-electron chi connectivity index (χ4n) is 3.22. The highest BCUT2D eigenvalue weighted by molar-refractivity contribution is 5.91. The van der Waals surface area contributed by atoms with Crippen molar-refractivity contribution in [3.63, 3.8) is 0 Å². The van der Waals surface area contributed by atoms with Crippen LogP contribution >= 0.6 is 0 Å². The van der Waals surface area contributed by atoms with Crippen LogP contribution in [0.5, 0.6) is 0 Å². The molecule has 2 heterocycles. The number of hydrogen-bond acceptors (Lipinski definition) is 5. The molecule has 3 aromatic rings. The van der Waals surface area contributed by atoms with Crippen LogP contribution in [0.3, 0.4) is 0 Å². The van der Waals surface area contributed by atoms with Crippen molar-refractivity contribution < 1.29 is 14.3 Å². The van der Waals surface area contributed by atoms with Crippen LogP contribution in [0.25, 0.3) is 5.82 Å². The zero-order valence-electron chi connectivity index (χ0n) is 17.2. The highest BCUT2D eigenvalue weighted by Crippen LogP contribution is 2.32. The third-order valence-corrected chi connectivity index (χ3v) is 4.75. The molecule has 0 saturated heterocycles. The molecule has 0 spiro atoms. The summed E-state index contributed by atoms with van der Waals surface area (Å²) in [5, 5.41) is 4.44. The Morgan fingerprint density at radius 2 is 1.86 bits per heavy atom. The summed E-state index contributed by atoms with van der Waals surface area (Å²) < 4.78 is 12.9. The molecule has 29 heavy (non-hydrogen) atoms. The molecule has 0 bridgehead atoms. The van der Waals surface area contributed by atoms with Crippen LogP contribution in [0.1, 0.15) is 48.8 Å². The minimum absolute atomic E-state index is 0.313. The second kappa shape index (κ2) is 9.47. The van der Waals surface area contributed by atoms with Crippen LogP contribution < -0.4 is 0 Å². The summed E-state index contributed by atoms with van der Waals surface area (Å²) in [6.07, 6.45) is 3.99. The van der Waals surface area contributed by atoms with Crippen LogP contribution in [0.4, 0.5) is 0 Å². The number of pyridine rings is 1. The summed E-state index contributed by atoms with van der Waals surface area (Å²) >= 11 is 0. The third-order valence-electron chi connectivity index (χ3n) is 4.75. The van der Waals surface area contributed by atoms with Crippen LogP contribution in [-0.2, 0) is 21.5 Å². The van der Waals surface area contributed by atoms with Crippen LogP contribution in [0.15, 0.2) is 60.9 Å². The number of carbonyl (C=O) groups is 1. The third kappa shape index (κ3) is 5.09. The average Bonchev–Trinajstić information content (AvgIpc) is 3.19. The molecular weight excluding hydrogens is 366 g/mol. The van der Waals surface area contributed by atoms with Crippen molar-refractivity contribution >= 4 is 5.97 Å². The van der Waals surface area contributed by atoms with Crippen molar-refractivity contribution in [2.24, 2.45) is 0 Å². The summed E-state index contributed by atoms with van der Waals surface area (Å²) in [5.74, 6) is 0.291. The van der Waals surface area contributed by atoms with Crippen LogP contribution in [-0.4, -0.2) is 33.9 Å². The number of aromatic nitrogens is 3. The molecule has 2 aromatic heterocycles. The maximum atomic E-state index is 12.5. The van der Waals surface area contributed by atoms with Crippen LogP contribution in [0, 0.1) is 0 Å². The van der Waals surface area contributed by atoms with E-state index in [9.17, 15) is 4.79 Å². The number of ether oxygens (including phenoxy) is 2. The van der Waals surface area contributed by atoms with E-state index in [0.717, 1.165) is 11.3 Å². The molecule has 6 heteroatoms. The first-order valence-corrected chi connectivity index (χ1v) is 9.81. The van der Waals surface area contributed by atoms with Gasteiger partial charge in [0.25, 0.3) is 0 Å². The number of nitrogens with zero attached hydrogens (tertiary/aromatic N) is 3. The Hall–Kier alpha value is -2.99. The van der Waals surface area contributed by atoms with E-state index in [1.165, 1.54) is 0 Å². The van der Waals surface area contributed by atoms with E-state index in [0.29, 0.717) is 37.6 Å². The lowest BCUT2D eigenvalue weighted by Crippen LogP contribution is -2.27. The van der Waals surface area contributed by atoms with Gasteiger partial charge in [-0.1, -0.05) is 50.2 Å². The van der Waals surface area contributed by atoms with Gasteiger partial charge in [-0.15, -0.1) is 0 Å². The molecule has 3 rings (SSSR count). The van der Waals surface area contributed by atoms with E-state index >= 15 is 0 Å². The standard InChI is InChI=1S/C23H27N3O3/c1-4-29-22(27)19-16-25-26(20-12-8-9-14-24-20)21(19)23(2,3)13-15-28-17-18-10-6-5-7-11-18/h5-12,14,16H,4,13,15,17H2,1-3H3. The zero-order chi connectivity index (χ0) is 20.7. The van der Waals surface area contributed by atoms with E-state index in [4.69, 9.17) is 9.47 Å². The van der Waals surface area contributed by atoms with E-state index in [1.807, 2.05) is 48.5 Å². The first-order chi connectivity index (χ1) is 14.0. The molecule has 0 atom stereocenters. The fourth-order valence-corrected chi connectivity index (χ4v) is 3.22. The highest BCUT2D eigenvalue weighted by atomic mass is 16.5. The first kappa shape index (κ1) is 20.7. The molecule has 0 fully saturated rings. The summed E-state index contributed by atoms with van der Waals surface area (Å²) in [4.78, 5) is 16.9. The highest BCUT2D eigenvalue weighted by Gasteiger charge is 2.32.